The second kappa shape index (κ2) is 7.56. The lowest BCUT2D eigenvalue weighted by Gasteiger charge is -2.23. The molecule has 2 amide bonds. The molecule has 1 saturated carbocycles. The highest BCUT2D eigenvalue weighted by Gasteiger charge is 2.57. The van der Waals surface area contributed by atoms with Crippen molar-refractivity contribution in [1.82, 2.24) is 9.88 Å². The van der Waals surface area contributed by atoms with Crippen LogP contribution in [0.25, 0.3) is 0 Å². The fraction of sp³-hybridized carbons (Fsp3) is 0.350. The maximum Gasteiger partial charge on any atom is 0.240 e. The average molecular weight is 353 g/mol. The maximum atomic E-state index is 12.9. The molecule has 0 saturated heterocycles. The summed E-state index contributed by atoms with van der Waals surface area (Å²) >= 11 is 0. The van der Waals surface area contributed by atoms with Crippen LogP contribution in [-0.2, 0) is 16.0 Å². The normalized spacial score (nSPS) is 14.4. The number of methoxy groups -OCH3 is 1. The predicted molar refractivity (Wildman–Crippen MR) is 98.9 cm³/mol. The van der Waals surface area contributed by atoms with Gasteiger partial charge in [0.1, 0.15) is 11.2 Å². The first kappa shape index (κ1) is 17.9. The second-order valence-corrected chi connectivity index (χ2v) is 6.57. The lowest BCUT2D eigenvalue weighted by molar-refractivity contribution is -0.141. The third kappa shape index (κ3) is 3.69. The first-order valence-corrected chi connectivity index (χ1v) is 8.66. The molecule has 1 fully saturated rings. The Morgan fingerprint density at radius 3 is 2.54 bits per heavy atom. The number of hydrogen-bond donors (Lipinski definition) is 1. The monoisotopic (exact) mass is 353 g/mol. The van der Waals surface area contributed by atoms with Gasteiger partial charge in [-0.3, -0.25) is 14.6 Å². The van der Waals surface area contributed by atoms with Gasteiger partial charge in [0.25, 0.3) is 0 Å². The number of hydrogen-bond acceptors (Lipinski definition) is 4. The van der Waals surface area contributed by atoms with Gasteiger partial charge in [0, 0.05) is 26.0 Å². The van der Waals surface area contributed by atoms with Gasteiger partial charge in [0.2, 0.25) is 11.8 Å². The van der Waals surface area contributed by atoms with Crippen molar-refractivity contribution < 1.29 is 14.3 Å². The highest BCUT2D eigenvalue weighted by Crippen LogP contribution is 2.48. The smallest absolute Gasteiger partial charge is 0.240 e. The summed E-state index contributed by atoms with van der Waals surface area (Å²) < 4.78 is 5.26. The molecule has 0 radical (unpaired) electrons. The second-order valence-electron chi connectivity index (χ2n) is 6.57. The van der Waals surface area contributed by atoms with E-state index in [4.69, 9.17) is 4.74 Å². The first-order valence-electron chi connectivity index (χ1n) is 8.66. The summed E-state index contributed by atoms with van der Waals surface area (Å²) in [5, 5.41) is 2.85. The number of para-hydroxylation sites is 2. The third-order valence-corrected chi connectivity index (χ3v) is 4.78. The van der Waals surface area contributed by atoms with Gasteiger partial charge in [-0.1, -0.05) is 12.1 Å². The predicted octanol–water partition coefficient (Wildman–Crippen LogP) is 2.51. The number of aromatic nitrogens is 1. The van der Waals surface area contributed by atoms with E-state index in [0.29, 0.717) is 30.8 Å². The Kier molecular flexibility index (Phi) is 5.21. The van der Waals surface area contributed by atoms with Crippen molar-refractivity contribution in [3.8, 4) is 5.75 Å². The van der Waals surface area contributed by atoms with Gasteiger partial charge in [0.05, 0.1) is 12.8 Å². The number of likely N-dealkylation sites (N-methyl/N-ethyl adjacent to an activating group) is 1. The average Bonchev–Trinajstić information content (AvgIpc) is 3.49. The van der Waals surface area contributed by atoms with Crippen LogP contribution in [0, 0.1) is 5.41 Å². The molecular weight excluding hydrogens is 330 g/mol. The highest BCUT2D eigenvalue weighted by atomic mass is 16.5. The van der Waals surface area contributed by atoms with Crippen LogP contribution in [0.1, 0.15) is 18.4 Å². The van der Waals surface area contributed by atoms with Gasteiger partial charge in [-0.25, -0.2) is 0 Å². The zero-order chi connectivity index (χ0) is 18.6. The van der Waals surface area contributed by atoms with Crippen LogP contribution in [0.5, 0.6) is 5.75 Å². The molecule has 1 aromatic carbocycles. The summed E-state index contributed by atoms with van der Waals surface area (Å²) in [6.45, 7) is 0.562. The van der Waals surface area contributed by atoms with Crippen molar-refractivity contribution in [2.75, 3.05) is 26.0 Å². The van der Waals surface area contributed by atoms with Crippen LogP contribution < -0.4 is 10.1 Å². The Bertz CT molecular complexity index is 788. The van der Waals surface area contributed by atoms with Gasteiger partial charge in [0.15, 0.2) is 0 Å². The molecule has 0 spiro atoms. The Morgan fingerprint density at radius 1 is 1.19 bits per heavy atom. The summed E-state index contributed by atoms with van der Waals surface area (Å²) in [5.41, 5.74) is 0.745. The number of nitrogens with zero attached hydrogens (tertiary/aromatic N) is 2. The molecular formula is C20H23N3O3. The topological polar surface area (TPSA) is 71.5 Å². The highest BCUT2D eigenvalue weighted by molar-refractivity contribution is 6.13. The number of anilines is 1. The molecule has 0 atom stereocenters. The standard InChI is InChI=1S/C20H23N3O3/c1-23(14-9-15-7-12-21-13-8-15)19(25)20(10-11-20)18(24)22-16-5-3-4-6-17(16)26-2/h3-8,12-13H,9-11,14H2,1-2H3,(H,22,24). The minimum absolute atomic E-state index is 0.126. The van der Waals surface area contributed by atoms with E-state index in [2.05, 4.69) is 10.3 Å². The lowest BCUT2D eigenvalue weighted by Crippen LogP contribution is -2.41. The summed E-state index contributed by atoms with van der Waals surface area (Å²) in [5.74, 6) is 0.192. The number of rotatable bonds is 7. The van der Waals surface area contributed by atoms with Crippen molar-refractivity contribution >= 4 is 17.5 Å². The summed E-state index contributed by atoms with van der Waals surface area (Å²) in [4.78, 5) is 31.3. The zero-order valence-corrected chi connectivity index (χ0v) is 15.1. The van der Waals surface area contributed by atoms with Crippen LogP contribution in [-0.4, -0.2) is 42.4 Å². The number of nitrogens with one attached hydrogen (secondary N) is 1. The molecule has 26 heavy (non-hydrogen) atoms. The van der Waals surface area contributed by atoms with E-state index in [1.54, 1.807) is 43.6 Å². The Labute approximate surface area is 153 Å². The molecule has 6 nitrogen and oxygen atoms in total. The van der Waals surface area contributed by atoms with Crippen LogP contribution >= 0.6 is 0 Å². The van der Waals surface area contributed by atoms with E-state index in [-0.39, 0.29) is 11.8 Å². The fourth-order valence-electron chi connectivity index (χ4n) is 2.97. The Balaban J connectivity index is 1.63. The number of carbonyl (C=O) groups is 2. The van der Waals surface area contributed by atoms with E-state index < -0.39 is 5.41 Å². The molecule has 136 valence electrons. The van der Waals surface area contributed by atoms with E-state index in [0.717, 1.165) is 12.0 Å². The van der Waals surface area contributed by atoms with Crippen LogP contribution in [0.4, 0.5) is 5.69 Å². The van der Waals surface area contributed by atoms with Crippen LogP contribution in [0.3, 0.4) is 0 Å². The van der Waals surface area contributed by atoms with Crippen molar-refractivity contribution in [3.63, 3.8) is 0 Å². The molecule has 0 unspecified atom stereocenters. The van der Waals surface area contributed by atoms with Crippen molar-refractivity contribution in [2.45, 2.75) is 19.3 Å². The van der Waals surface area contributed by atoms with Crippen LogP contribution in [0.15, 0.2) is 48.8 Å². The van der Waals surface area contributed by atoms with Gasteiger partial charge in [-0.2, -0.15) is 0 Å². The van der Waals surface area contributed by atoms with E-state index >= 15 is 0 Å². The SMILES string of the molecule is COc1ccccc1NC(=O)C1(C(=O)N(C)CCc2ccncc2)CC1. The molecule has 3 rings (SSSR count). The van der Waals surface area contributed by atoms with Crippen molar-refractivity contribution in [2.24, 2.45) is 5.41 Å². The molecule has 2 aromatic rings. The van der Waals surface area contributed by atoms with Gasteiger partial charge in [-0.15, -0.1) is 0 Å². The molecule has 1 aromatic heterocycles. The zero-order valence-electron chi connectivity index (χ0n) is 15.1. The summed E-state index contributed by atoms with van der Waals surface area (Å²) in [6, 6.07) is 11.1. The molecule has 1 heterocycles. The van der Waals surface area contributed by atoms with Gasteiger partial charge >= 0.3 is 0 Å². The largest absolute Gasteiger partial charge is 0.495 e. The van der Waals surface area contributed by atoms with Crippen molar-refractivity contribution in [1.29, 1.82) is 0 Å². The molecule has 1 N–H and O–H groups in total. The first-order chi connectivity index (χ1) is 12.6. The number of ether oxygens (including phenoxy) is 1. The Morgan fingerprint density at radius 2 is 1.88 bits per heavy atom. The Hall–Kier alpha value is -2.89. The number of amides is 2. The van der Waals surface area contributed by atoms with E-state index in [9.17, 15) is 9.59 Å². The molecule has 6 heteroatoms. The summed E-state index contributed by atoms with van der Waals surface area (Å²) in [6.07, 6.45) is 5.36. The third-order valence-electron chi connectivity index (χ3n) is 4.78. The lowest BCUT2D eigenvalue weighted by atomic mass is 10.0. The maximum absolute atomic E-state index is 12.9. The molecule has 1 aliphatic rings. The van der Waals surface area contributed by atoms with E-state index in [1.807, 2.05) is 24.3 Å². The van der Waals surface area contributed by atoms with Gasteiger partial charge in [-0.05, 0) is 49.1 Å². The minimum Gasteiger partial charge on any atom is -0.495 e. The molecule has 0 bridgehead atoms. The molecule has 0 aliphatic heterocycles. The van der Waals surface area contributed by atoms with Crippen molar-refractivity contribution in [3.05, 3.63) is 54.4 Å². The van der Waals surface area contributed by atoms with Crippen LogP contribution in [0.2, 0.25) is 0 Å². The fourth-order valence-corrected chi connectivity index (χ4v) is 2.97. The van der Waals surface area contributed by atoms with E-state index in [1.165, 1.54) is 0 Å². The number of benzene rings is 1. The minimum atomic E-state index is -0.951. The molecule has 1 aliphatic carbocycles. The number of pyridine rings is 1. The number of carbonyl (C=O) groups excluding carboxylic acids is 2. The van der Waals surface area contributed by atoms with Gasteiger partial charge < -0.3 is 15.0 Å². The quantitative estimate of drug-likeness (QED) is 0.777. The summed E-state index contributed by atoms with van der Waals surface area (Å²) in [7, 11) is 3.30.